The first-order chi connectivity index (χ1) is 8.62. The first-order valence-corrected chi connectivity index (χ1v) is 5.33. The minimum Gasteiger partial charge on any atom is -0.504 e. The molecule has 0 aliphatic rings. The number of benzene rings is 1. The molecule has 1 rings (SSSR count). The molecule has 18 heavy (non-hydrogen) atoms. The van der Waals surface area contributed by atoms with Gasteiger partial charge < -0.3 is 24.6 Å². The van der Waals surface area contributed by atoms with E-state index in [9.17, 15) is 9.90 Å². The zero-order valence-electron chi connectivity index (χ0n) is 10.6. The van der Waals surface area contributed by atoms with Crippen LogP contribution < -0.4 is 10.1 Å². The van der Waals surface area contributed by atoms with Crippen LogP contribution in [0.15, 0.2) is 18.2 Å². The largest absolute Gasteiger partial charge is 0.504 e. The lowest BCUT2D eigenvalue weighted by Gasteiger charge is -2.14. The minimum absolute atomic E-state index is 0.0132. The van der Waals surface area contributed by atoms with Gasteiger partial charge in [0.1, 0.15) is 0 Å². The maximum absolute atomic E-state index is 11.8. The Hall–Kier alpha value is -1.79. The van der Waals surface area contributed by atoms with E-state index in [2.05, 4.69) is 5.32 Å². The molecule has 0 aliphatic carbocycles. The number of carbonyl (C=O) groups is 1. The fraction of sp³-hybridized carbons (Fsp3) is 0.417. The van der Waals surface area contributed by atoms with Crippen molar-refractivity contribution in [2.45, 2.75) is 6.29 Å². The van der Waals surface area contributed by atoms with E-state index in [1.54, 1.807) is 0 Å². The molecular formula is C12H17NO5. The number of phenols is 1. The lowest BCUT2D eigenvalue weighted by molar-refractivity contribution is -0.0974. The second-order valence-corrected chi connectivity index (χ2v) is 3.50. The van der Waals surface area contributed by atoms with E-state index in [0.717, 1.165) is 0 Å². The van der Waals surface area contributed by atoms with Crippen LogP contribution in [-0.4, -0.2) is 45.2 Å². The van der Waals surface area contributed by atoms with Gasteiger partial charge in [-0.15, -0.1) is 0 Å². The first kappa shape index (κ1) is 14.3. The topological polar surface area (TPSA) is 77.0 Å². The van der Waals surface area contributed by atoms with Gasteiger partial charge in [-0.3, -0.25) is 4.79 Å². The van der Waals surface area contributed by atoms with Gasteiger partial charge in [0.05, 0.1) is 13.7 Å². The molecule has 1 aromatic carbocycles. The van der Waals surface area contributed by atoms with E-state index in [-0.39, 0.29) is 24.0 Å². The highest BCUT2D eigenvalue weighted by atomic mass is 16.7. The van der Waals surface area contributed by atoms with E-state index in [1.807, 2.05) is 0 Å². The SMILES string of the molecule is COc1cc(C(=O)NCC(OC)OC)ccc1O. The summed E-state index contributed by atoms with van der Waals surface area (Å²) < 4.78 is 14.8. The summed E-state index contributed by atoms with van der Waals surface area (Å²) in [5.74, 6) is -0.0641. The number of phenolic OH excluding ortho intramolecular Hbond substituents is 1. The van der Waals surface area contributed by atoms with Gasteiger partial charge in [-0.25, -0.2) is 0 Å². The lowest BCUT2D eigenvalue weighted by Crippen LogP contribution is -2.34. The summed E-state index contributed by atoms with van der Waals surface area (Å²) in [4.78, 5) is 11.8. The fourth-order valence-corrected chi connectivity index (χ4v) is 1.36. The van der Waals surface area contributed by atoms with Crippen LogP contribution in [0, 0.1) is 0 Å². The molecule has 0 atom stereocenters. The molecule has 0 aliphatic heterocycles. The Morgan fingerprint density at radius 1 is 1.33 bits per heavy atom. The molecule has 0 saturated carbocycles. The molecule has 6 nitrogen and oxygen atoms in total. The predicted molar refractivity (Wildman–Crippen MR) is 64.8 cm³/mol. The molecule has 100 valence electrons. The molecule has 0 fully saturated rings. The quantitative estimate of drug-likeness (QED) is 0.733. The highest BCUT2D eigenvalue weighted by molar-refractivity contribution is 5.94. The lowest BCUT2D eigenvalue weighted by atomic mass is 10.2. The minimum atomic E-state index is -0.493. The fourth-order valence-electron chi connectivity index (χ4n) is 1.36. The standard InChI is InChI=1S/C12H17NO5/c1-16-10-6-8(4-5-9(10)14)12(15)13-7-11(17-2)18-3/h4-6,11,14H,7H2,1-3H3,(H,13,15). The third-order valence-corrected chi connectivity index (χ3v) is 2.40. The Morgan fingerprint density at radius 3 is 2.56 bits per heavy atom. The number of hydrogen-bond acceptors (Lipinski definition) is 5. The van der Waals surface area contributed by atoms with Crippen LogP contribution in [0.1, 0.15) is 10.4 Å². The Morgan fingerprint density at radius 2 is 2.00 bits per heavy atom. The van der Waals surface area contributed by atoms with Crippen LogP contribution in [0.5, 0.6) is 11.5 Å². The summed E-state index contributed by atoms with van der Waals surface area (Å²) in [7, 11) is 4.40. The first-order valence-electron chi connectivity index (χ1n) is 5.33. The number of aromatic hydroxyl groups is 1. The van der Waals surface area contributed by atoms with Crippen molar-refractivity contribution in [1.29, 1.82) is 0 Å². The van der Waals surface area contributed by atoms with Crippen LogP contribution in [0.2, 0.25) is 0 Å². The molecule has 1 aromatic rings. The number of ether oxygens (including phenoxy) is 3. The third-order valence-electron chi connectivity index (χ3n) is 2.40. The molecule has 2 N–H and O–H groups in total. The van der Waals surface area contributed by atoms with Crippen LogP contribution in [0.25, 0.3) is 0 Å². The Labute approximate surface area is 105 Å². The second-order valence-electron chi connectivity index (χ2n) is 3.50. The second kappa shape index (κ2) is 6.83. The van der Waals surface area contributed by atoms with Crippen molar-refractivity contribution in [2.24, 2.45) is 0 Å². The molecule has 0 radical (unpaired) electrons. The van der Waals surface area contributed by atoms with Crippen molar-refractivity contribution < 1.29 is 24.1 Å². The van der Waals surface area contributed by atoms with Crippen molar-refractivity contribution in [2.75, 3.05) is 27.9 Å². The van der Waals surface area contributed by atoms with E-state index in [0.29, 0.717) is 5.56 Å². The molecular weight excluding hydrogens is 238 g/mol. The summed E-state index contributed by atoms with van der Waals surface area (Å²) >= 11 is 0. The highest BCUT2D eigenvalue weighted by Crippen LogP contribution is 2.26. The third kappa shape index (κ3) is 3.61. The predicted octanol–water partition coefficient (Wildman–Crippen LogP) is 0.749. The van der Waals surface area contributed by atoms with Gasteiger partial charge >= 0.3 is 0 Å². The summed E-state index contributed by atoms with van der Waals surface area (Å²) in [6.45, 7) is 0.231. The summed E-state index contributed by atoms with van der Waals surface area (Å²) in [5.41, 5.74) is 0.385. The van der Waals surface area contributed by atoms with E-state index < -0.39 is 6.29 Å². The Kier molecular flexibility index (Phi) is 5.41. The normalized spacial score (nSPS) is 10.4. The van der Waals surface area contributed by atoms with Crippen LogP contribution in [-0.2, 0) is 9.47 Å². The molecule has 0 aromatic heterocycles. The Bertz CT molecular complexity index is 403. The van der Waals surface area contributed by atoms with Crippen LogP contribution >= 0.6 is 0 Å². The van der Waals surface area contributed by atoms with Gasteiger partial charge in [-0.1, -0.05) is 0 Å². The molecule has 0 saturated heterocycles. The zero-order chi connectivity index (χ0) is 13.5. The van der Waals surface area contributed by atoms with Gasteiger partial charge in [-0.2, -0.15) is 0 Å². The van der Waals surface area contributed by atoms with Gasteiger partial charge in [0, 0.05) is 19.8 Å². The molecule has 6 heteroatoms. The molecule has 0 heterocycles. The van der Waals surface area contributed by atoms with E-state index >= 15 is 0 Å². The average molecular weight is 255 g/mol. The number of nitrogens with one attached hydrogen (secondary N) is 1. The van der Waals surface area contributed by atoms with Gasteiger partial charge in [0.15, 0.2) is 17.8 Å². The van der Waals surface area contributed by atoms with Crippen molar-refractivity contribution in [1.82, 2.24) is 5.32 Å². The van der Waals surface area contributed by atoms with Gasteiger partial charge in [-0.05, 0) is 18.2 Å². The van der Waals surface area contributed by atoms with Crippen LogP contribution in [0.4, 0.5) is 0 Å². The smallest absolute Gasteiger partial charge is 0.251 e. The van der Waals surface area contributed by atoms with Crippen LogP contribution in [0.3, 0.4) is 0 Å². The van der Waals surface area contributed by atoms with Crippen molar-refractivity contribution >= 4 is 5.91 Å². The van der Waals surface area contributed by atoms with Crippen molar-refractivity contribution in [3.05, 3.63) is 23.8 Å². The maximum atomic E-state index is 11.8. The highest BCUT2D eigenvalue weighted by Gasteiger charge is 2.12. The van der Waals surface area contributed by atoms with Gasteiger partial charge in [0.2, 0.25) is 0 Å². The number of hydrogen-bond donors (Lipinski definition) is 2. The number of carbonyl (C=O) groups excluding carboxylic acids is 1. The Balaban J connectivity index is 2.67. The zero-order valence-corrected chi connectivity index (χ0v) is 10.6. The number of amides is 1. The average Bonchev–Trinajstić information content (AvgIpc) is 2.40. The van der Waals surface area contributed by atoms with E-state index in [4.69, 9.17) is 14.2 Å². The number of rotatable bonds is 6. The monoisotopic (exact) mass is 255 g/mol. The molecule has 0 spiro atoms. The molecule has 1 amide bonds. The summed E-state index contributed by atoms with van der Waals surface area (Å²) in [6, 6.07) is 4.36. The van der Waals surface area contributed by atoms with Crippen molar-refractivity contribution in [3.63, 3.8) is 0 Å². The van der Waals surface area contributed by atoms with Gasteiger partial charge in [0.25, 0.3) is 5.91 Å². The molecule has 0 bridgehead atoms. The molecule has 0 unspecified atom stereocenters. The van der Waals surface area contributed by atoms with Crippen molar-refractivity contribution in [3.8, 4) is 11.5 Å². The van der Waals surface area contributed by atoms with E-state index in [1.165, 1.54) is 39.5 Å². The number of methoxy groups -OCH3 is 3. The summed E-state index contributed by atoms with van der Waals surface area (Å²) in [5, 5.41) is 12.1. The maximum Gasteiger partial charge on any atom is 0.251 e. The summed E-state index contributed by atoms with van der Waals surface area (Å²) in [6.07, 6.45) is -0.493.